The van der Waals surface area contributed by atoms with Crippen LogP contribution in [0.4, 0.5) is 8.78 Å². The Balaban J connectivity index is 0.00000180. The standard InChI is InChI=1S/C13H16F2N2O.ClH/c1-16-11-4-5-17(8-11)13(18)6-9-2-3-10(14)7-12(9)15;/h2-3,7,11,16H,4-6,8H2,1H3;1H. The van der Waals surface area contributed by atoms with E-state index in [0.717, 1.165) is 12.5 Å². The van der Waals surface area contributed by atoms with Crippen molar-refractivity contribution >= 4 is 18.3 Å². The molecule has 106 valence electrons. The third-order valence-corrected chi connectivity index (χ3v) is 3.31. The predicted molar refractivity (Wildman–Crippen MR) is 71.4 cm³/mol. The quantitative estimate of drug-likeness (QED) is 0.920. The number of rotatable bonds is 3. The monoisotopic (exact) mass is 290 g/mol. The number of likely N-dealkylation sites (N-methyl/N-ethyl adjacent to an activating group) is 1. The van der Waals surface area contributed by atoms with Crippen molar-refractivity contribution in [3.63, 3.8) is 0 Å². The van der Waals surface area contributed by atoms with Crippen LogP contribution in [0, 0.1) is 11.6 Å². The van der Waals surface area contributed by atoms with E-state index in [1.807, 2.05) is 7.05 Å². The summed E-state index contributed by atoms with van der Waals surface area (Å²) in [5.41, 5.74) is 0.245. The van der Waals surface area contributed by atoms with Gasteiger partial charge in [-0.1, -0.05) is 6.07 Å². The zero-order chi connectivity index (χ0) is 13.1. The van der Waals surface area contributed by atoms with Crippen LogP contribution >= 0.6 is 12.4 Å². The maximum atomic E-state index is 13.4. The average Bonchev–Trinajstić information content (AvgIpc) is 2.81. The second-order valence-electron chi connectivity index (χ2n) is 4.53. The molecule has 1 fully saturated rings. The zero-order valence-electron chi connectivity index (χ0n) is 10.7. The molecule has 1 atom stereocenters. The van der Waals surface area contributed by atoms with Crippen molar-refractivity contribution in [1.29, 1.82) is 0 Å². The van der Waals surface area contributed by atoms with Crippen molar-refractivity contribution in [2.75, 3.05) is 20.1 Å². The van der Waals surface area contributed by atoms with Crippen LogP contribution in [0.25, 0.3) is 0 Å². The number of likely N-dealkylation sites (tertiary alicyclic amines) is 1. The zero-order valence-corrected chi connectivity index (χ0v) is 11.5. The van der Waals surface area contributed by atoms with Gasteiger partial charge in [0.1, 0.15) is 11.6 Å². The highest BCUT2D eigenvalue weighted by Crippen LogP contribution is 2.14. The molecule has 1 aromatic rings. The Hall–Kier alpha value is -1.20. The molecule has 6 heteroatoms. The van der Waals surface area contributed by atoms with Gasteiger partial charge in [-0.25, -0.2) is 8.78 Å². The summed E-state index contributed by atoms with van der Waals surface area (Å²) >= 11 is 0. The summed E-state index contributed by atoms with van der Waals surface area (Å²) in [6, 6.07) is 3.62. The maximum absolute atomic E-state index is 13.4. The summed E-state index contributed by atoms with van der Waals surface area (Å²) in [6.45, 7) is 1.34. The van der Waals surface area contributed by atoms with E-state index in [9.17, 15) is 13.6 Å². The number of carbonyl (C=O) groups excluding carboxylic acids is 1. The Morgan fingerprint density at radius 3 is 2.79 bits per heavy atom. The fourth-order valence-electron chi connectivity index (χ4n) is 2.16. The predicted octanol–water partition coefficient (Wildman–Crippen LogP) is 1.75. The van der Waals surface area contributed by atoms with E-state index in [1.54, 1.807) is 4.90 Å². The summed E-state index contributed by atoms with van der Waals surface area (Å²) in [4.78, 5) is 13.7. The molecule has 1 heterocycles. The van der Waals surface area contributed by atoms with Crippen molar-refractivity contribution in [2.45, 2.75) is 18.9 Å². The topological polar surface area (TPSA) is 32.3 Å². The maximum Gasteiger partial charge on any atom is 0.227 e. The summed E-state index contributed by atoms with van der Waals surface area (Å²) in [6.07, 6.45) is 0.899. The van der Waals surface area contributed by atoms with Gasteiger partial charge in [-0.2, -0.15) is 0 Å². The van der Waals surface area contributed by atoms with E-state index < -0.39 is 11.6 Å². The first-order valence-corrected chi connectivity index (χ1v) is 5.99. The Labute approximate surface area is 117 Å². The van der Waals surface area contributed by atoms with E-state index in [-0.39, 0.29) is 30.3 Å². The molecule has 0 saturated carbocycles. The molecule has 3 nitrogen and oxygen atoms in total. The lowest BCUT2D eigenvalue weighted by atomic mass is 10.1. The molecule has 1 aromatic carbocycles. The lowest BCUT2D eigenvalue weighted by molar-refractivity contribution is -0.129. The van der Waals surface area contributed by atoms with Crippen LogP contribution in [-0.2, 0) is 11.2 Å². The number of hydrogen-bond acceptors (Lipinski definition) is 2. The molecule has 19 heavy (non-hydrogen) atoms. The van der Waals surface area contributed by atoms with Crippen LogP contribution in [-0.4, -0.2) is 37.0 Å². The Bertz CT molecular complexity index is 456. The molecule has 2 rings (SSSR count). The smallest absolute Gasteiger partial charge is 0.227 e. The van der Waals surface area contributed by atoms with Crippen LogP contribution in [0.15, 0.2) is 18.2 Å². The van der Waals surface area contributed by atoms with Crippen molar-refractivity contribution < 1.29 is 13.6 Å². The van der Waals surface area contributed by atoms with Crippen molar-refractivity contribution in [3.8, 4) is 0 Å². The number of hydrogen-bond donors (Lipinski definition) is 1. The molecule has 1 amide bonds. The van der Waals surface area contributed by atoms with Crippen molar-refractivity contribution in [1.82, 2.24) is 10.2 Å². The van der Waals surface area contributed by atoms with Crippen LogP contribution in [0.2, 0.25) is 0 Å². The number of nitrogens with zero attached hydrogens (tertiary/aromatic N) is 1. The highest BCUT2D eigenvalue weighted by Gasteiger charge is 2.25. The molecule has 0 aliphatic carbocycles. The fraction of sp³-hybridized carbons (Fsp3) is 0.462. The molecule has 0 bridgehead atoms. The normalized spacial score (nSPS) is 18.3. The Kier molecular flexibility index (Phi) is 5.69. The van der Waals surface area contributed by atoms with Gasteiger partial charge in [0.15, 0.2) is 0 Å². The van der Waals surface area contributed by atoms with E-state index in [1.165, 1.54) is 12.1 Å². The minimum Gasteiger partial charge on any atom is -0.341 e. The number of amides is 1. The first kappa shape index (κ1) is 15.9. The molecule has 0 aromatic heterocycles. The van der Waals surface area contributed by atoms with Gasteiger partial charge in [0.05, 0.1) is 6.42 Å². The second kappa shape index (κ2) is 6.82. The molecular weight excluding hydrogens is 274 g/mol. The van der Waals surface area contributed by atoms with Gasteiger partial charge in [0.25, 0.3) is 0 Å². The molecule has 0 spiro atoms. The van der Waals surface area contributed by atoms with Crippen LogP contribution in [0.5, 0.6) is 0 Å². The third-order valence-electron chi connectivity index (χ3n) is 3.31. The lowest BCUT2D eigenvalue weighted by Gasteiger charge is -2.16. The molecular formula is C13H17ClF2N2O. The first-order chi connectivity index (χ1) is 8.60. The van der Waals surface area contributed by atoms with Gasteiger partial charge >= 0.3 is 0 Å². The summed E-state index contributed by atoms with van der Waals surface area (Å²) in [7, 11) is 1.86. The summed E-state index contributed by atoms with van der Waals surface area (Å²) in [5.74, 6) is -1.40. The van der Waals surface area contributed by atoms with Crippen molar-refractivity contribution in [3.05, 3.63) is 35.4 Å². The van der Waals surface area contributed by atoms with Gasteiger partial charge < -0.3 is 10.2 Å². The minimum atomic E-state index is -0.660. The number of carbonyl (C=O) groups is 1. The fourth-order valence-corrected chi connectivity index (χ4v) is 2.16. The Morgan fingerprint density at radius 2 is 2.21 bits per heavy atom. The summed E-state index contributed by atoms with van der Waals surface area (Å²) < 4.78 is 26.2. The van der Waals surface area contributed by atoms with Gasteiger partial charge in [-0.05, 0) is 25.1 Å². The first-order valence-electron chi connectivity index (χ1n) is 5.99. The third kappa shape index (κ3) is 3.88. The van der Waals surface area contributed by atoms with E-state index in [4.69, 9.17) is 0 Å². The lowest BCUT2D eigenvalue weighted by Crippen LogP contribution is -2.34. The van der Waals surface area contributed by atoms with Crippen LogP contribution < -0.4 is 5.32 Å². The van der Waals surface area contributed by atoms with E-state index in [0.29, 0.717) is 19.1 Å². The van der Waals surface area contributed by atoms with Gasteiger partial charge in [-0.3, -0.25) is 4.79 Å². The molecule has 1 unspecified atom stereocenters. The van der Waals surface area contributed by atoms with Gasteiger partial charge in [-0.15, -0.1) is 12.4 Å². The number of nitrogens with one attached hydrogen (secondary N) is 1. The summed E-state index contributed by atoms with van der Waals surface area (Å²) in [5, 5.41) is 3.11. The largest absolute Gasteiger partial charge is 0.341 e. The highest BCUT2D eigenvalue weighted by molar-refractivity contribution is 5.85. The minimum absolute atomic E-state index is 0. The molecule has 0 radical (unpaired) electrons. The molecule has 1 aliphatic heterocycles. The van der Waals surface area contributed by atoms with Crippen LogP contribution in [0.1, 0.15) is 12.0 Å². The molecule has 1 N–H and O–H groups in total. The average molecular weight is 291 g/mol. The number of benzene rings is 1. The van der Waals surface area contributed by atoms with Gasteiger partial charge in [0, 0.05) is 25.2 Å². The highest BCUT2D eigenvalue weighted by atomic mass is 35.5. The Morgan fingerprint density at radius 1 is 1.47 bits per heavy atom. The van der Waals surface area contributed by atoms with Crippen LogP contribution in [0.3, 0.4) is 0 Å². The molecule has 1 saturated heterocycles. The number of halogens is 3. The molecule has 1 aliphatic rings. The van der Waals surface area contributed by atoms with Gasteiger partial charge in [0.2, 0.25) is 5.91 Å². The SMILES string of the molecule is CNC1CCN(C(=O)Cc2ccc(F)cc2F)C1.Cl. The second-order valence-corrected chi connectivity index (χ2v) is 4.53. The van der Waals surface area contributed by atoms with E-state index in [2.05, 4.69) is 5.32 Å². The van der Waals surface area contributed by atoms with Crippen molar-refractivity contribution in [2.24, 2.45) is 0 Å². The van der Waals surface area contributed by atoms with E-state index >= 15 is 0 Å².